The smallest absolute Gasteiger partial charge is 0.224 e. The Morgan fingerprint density at radius 3 is 2.61 bits per heavy atom. The molecule has 3 nitrogen and oxygen atoms in total. The third-order valence-corrected chi connectivity index (χ3v) is 7.09. The molecule has 1 aliphatic carbocycles. The molecule has 31 heavy (non-hydrogen) atoms. The standard InChI is InChI=1S/C25H28ClF2NO2/c1-15-3-9-19-22(11-15)31-23(17-6-10-20(27)21(28)13-17)14-25(19,2)29-24(30)12-16-4-7-18(26)8-5-16/h4-8,10,13,15,19,22-23H,3,9,11-12,14H2,1-2H3,(H,29,30)/t15-,19-,22-,23-,25-/m0/s1. The van der Waals surface area contributed by atoms with Gasteiger partial charge in [0.15, 0.2) is 11.6 Å². The minimum absolute atomic E-state index is 0.0311. The molecule has 4 rings (SSSR count). The summed E-state index contributed by atoms with van der Waals surface area (Å²) in [6.07, 6.45) is 3.29. The van der Waals surface area contributed by atoms with Crippen molar-refractivity contribution in [3.8, 4) is 0 Å². The first-order valence-corrected chi connectivity index (χ1v) is 11.3. The number of halogens is 3. The fraction of sp³-hybridized carbons (Fsp3) is 0.480. The van der Waals surface area contributed by atoms with Crippen LogP contribution in [0.1, 0.15) is 56.8 Å². The summed E-state index contributed by atoms with van der Waals surface area (Å²) in [6.45, 7) is 4.27. The molecule has 1 saturated heterocycles. The van der Waals surface area contributed by atoms with E-state index in [9.17, 15) is 13.6 Å². The number of carbonyl (C=O) groups is 1. The number of ether oxygens (including phenoxy) is 1. The van der Waals surface area contributed by atoms with Crippen LogP contribution in [0.15, 0.2) is 42.5 Å². The number of rotatable bonds is 4. The molecule has 0 radical (unpaired) electrons. The van der Waals surface area contributed by atoms with Crippen molar-refractivity contribution >= 4 is 17.5 Å². The van der Waals surface area contributed by atoms with Gasteiger partial charge in [-0.25, -0.2) is 8.78 Å². The van der Waals surface area contributed by atoms with Crippen molar-refractivity contribution < 1.29 is 18.3 Å². The molecule has 2 aromatic rings. The van der Waals surface area contributed by atoms with Gasteiger partial charge >= 0.3 is 0 Å². The SMILES string of the molecule is C[C@H]1CC[C@H]2[C@H](C1)O[C@H](c1ccc(F)c(F)c1)C[C@]2(C)NC(=O)Cc1ccc(Cl)cc1. The van der Waals surface area contributed by atoms with E-state index in [1.807, 2.05) is 12.1 Å². The second kappa shape index (κ2) is 8.87. The van der Waals surface area contributed by atoms with Crippen LogP contribution in [0.3, 0.4) is 0 Å². The van der Waals surface area contributed by atoms with Crippen LogP contribution in [0, 0.1) is 23.5 Å². The predicted molar refractivity (Wildman–Crippen MR) is 117 cm³/mol. The Kier molecular flexibility index (Phi) is 6.36. The molecular weight excluding hydrogens is 420 g/mol. The number of benzene rings is 2. The molecule has 1 heterocycles. The number of carbonyl (C=O) groups excluding carboxylic acids is 1. The second-order valence-corrected chi connectivity index (χ2v) is 9.77. The summed E-state index contributed by atoms with van der Waals surface area (Å²) in [5, 5.41) is 3.91. The maximum atomic E-state index is 13.9. The lowest BCUT2D eigenvalue weighted by molar-refractivity contribution is -0.153. The maximum Gasteiger partial charge on any atom is 0.224 e. The van der Waals surface area contributed by atoms with E-state index in [0.717, 1.165) is 30.9 Å². The second-order valence-electron chi connectivity index (χ2n) is 9.33. The fourth-order valence-corrected chi connectivity index (χ4v) is 5.33. The fourth-order valence-electron chi connectivity index (χ4n) is 5.21. The Morgan fingerprint density at radius 2 is 1.90 bits per heavy atom. The van der Waals surface area contributed by atoms with E-state index in [0.29, 0.717) is 22.9 Å². The molecule has 0 aromatic heterocycles. The molecule has 1 saturated carbocycles. The van der Waals surface area contributed by atoms with Gasteiger partial charge in [-0.3, -0.25) is 4.79 Å². The zero-order chi connectivity index (χ0) is 22.2. The molecule has 0 bridgehead atoms. The van der Waals surface area contributed by atoms with Gasteiger partial charge in [0.1, 0.15) is 0 Å². The Bertz CT molecular complexity index is 951. The van der Waals surface area contributed by atoms with Gasteiger partial charge in [-0.1, -0.05) is 43.1 Å². The van der Waals surface area contributed by atoms with Crippen LogP contribution in [0.5, 0.6) is 0 Å². The van der Waals surface area contributed by atoms with Crippen LogP contribution in [-0.4, -0.2) is 17.6 Å². The quantitative estimate of drug-likeness (QED) is 0.624. The summed E-state index contributed by atoms with van der Waals surface area (Å²) < 4.78 is 33.7. The minimum atomic E-state index is -0.881. The Morgan fingerprint density at radius 1 is 1.16 bits per heavy atom. The summed E-state index contributed by atoms with van der Waals surface area (Å²) in [5.74, 6) is -1.11. The number of amides is 1. The van der Waals surface area contributed by atoms with Crippen molar-refractivity contribution in [2.45, 2.75) is 63.7 Å². The van der Waals surface area contributed by atoms with Gasteiger partial charge in [0.2, 0.25) is 5.91 Å². The highest BCUT2D eigenvalue weighted by Crippen LogP contribution is 2.48. The third kappa shape index (κ3) is 4.93. The van der Waals surface area contributed by atoms with E-state index >= 15 is 0 Å². The first-order chi connectivity index (χ1) is 14.7. The van der Waals surface area contributed by atoms with E-state index < -0.39 is 23.3 Å². The summed E-state index contributed by atoms with van der Waals surface area (Å²) in [6, 6.07) is 11.2. The van der Waals surface area contributed by atoms with Crippen molar-refractivity contribution in [3.05, 3.63) is 70.2 Å². The van der Waals surface area contributed by atoms with E-state index in [1.54, 1.807) is 18.2 Å². The van der Waals surface area contributed by atoms with Gasteiger partial charge < -0.3 is 10.1 Å². The highest BCUT2D eigenvalue weighted by Gasteiger charge is 2.49. The molecule has 2 aliphatic rings. The Hall–Kier alpha value is -1.98. The summed E-state index contributed by atoms with van der Waals surface area (Å²) in [7, 11) is 0. The zero-order valence-corrected chi connectivity index (χ0v) is 18.6. The molecule has 0 unspecified atom stereocenters. The molecule has 2 fully saturated rings. The van der Waals surface area contributed by atoms with Gasteiger partial charge in [0, 0.05) is 22.9 Å². The first-order valence-electron chi connectivity index (χ1n) is 10.9. The highest BCUT2D eigenvalue weighted by molar-refractivity contribution is 6.30. The Labute approximate surface area is 187 Å². The normalized spacial score (nSPS) is 30.5. The largest absolute Gasteiger partial charge is 0.370 e. The number of hydrogen-bond donors (Lipinski definition) is 1. The summed E-state index contributed by atoms with van der Waals surface area (Å²) >= 11 is 5.94. The van der Waals surface area contributed by atoms with Crippen molar-refractivity contribution in [3.63, 3.8) is 0 Å². The lowest BCUT2D eigenvalue weighted by atomic mass is 9.66. The molecule has 6 heteroatoms. The van der Waals surface area contributed by atoms with Gasteiger partial charge in [-0.15, -0.1) is 0 Å². The number of fused-ring (bicyclic) bond motifs is 1. The van der Waals surface area contributed by atoms with E-state index in [-0.39, 0.29) is 24.3 Å². The molecule has 5 atom stereocenters. The van der Waals surface area contributed by atoms with Crippen LogP contribution < -0.4 is 5.32 Å². The third-order valence-electron chi connectivity index (χ3n) is 6.84. The number of nitrogens with one attached hydrogen (secondary N) is 1. The van der Waals surface area contributed by atoms with E-state index in [2.05, 4.69) is 19.2 Å². The van der Waals surface area contributed by atoms with Crippen molar-refractivity contribution in [1.82, 2.24) is 5.32 Å². The predicted octanol–water partition coefficient (Wildman–Crippen LogP) is 6.00. The monoisotopic (exact) mass is 447 g/mol. The van der Waals surface area contributed by atoms with Crippen LogP contribution in [-0.2, 0) is 16.0 Å². The summed E-state index contributed by atoms with van der Waals surface area (Å²) in [5.41, 5.74) is 1.000. The van der Waals surface area contributed by atoms with Gasteiger partial charge in [0.25, 0.3) is 0 Å². The maximum absolute atomic E-state index is 13.9. The topological polar surface area (TPSA) is 38.3 Å². The van der Waals surface area contributed by atoms with E-state index in [1.165, 1.54) is 6.07 Å². The molecule has 1 aliphatic heterocycles. The molecule has 1 amide bonds. The molecule has 2 aromatic carbocycles. The van der Waals surface area contributed by atoms with Gasteiger partial charge in [-0.2, -0.15) is 0 Å². The van der Waals surface area contributed by atoms with Crippen LogP contribution in [0.2, 0.25) is 5.02 Å². The van der Waals surface area contributed by atoms with Gasteiger partial charge in [-0.05, 0) is 61.1 Å². The average molecular weight is 448 g/mol. The van der Waals surface area contributed by atoms with Crippen LogP contribution in [0.25, 0.3) is 0 Å². The minimum Gasteiger partial charge on any atom is -0.370 e. The number of hydrogen-bond acceptors (Lipinski definition) is 2. The van der Waals surface area contributed by atoms with Crippen molar-refractivity contribution in [2.24, 2.45) is 11.8 Å². The molecule has 1 N–H and O–H groups in total. The van der Waals surface area contributed by atoms with Gasteiger partial charge in [0.05, 0.1) is 18.6 Å². The van der Waals surface area contributed by atoms with E-state index in [4.69, 9.17) is 16.3 Å². The lowest BCUT2D eigenvalue weighted by Crippen LogP contribution is -2.60. The van der Waals surface area contributed by atoms with Crippen molar-refractivity contribution in [2.75, 3.05) is 0 Å². The lowest BCUT2D eigenvalue weighted by Gasteiger charge is -2.52. The van der Waals surface area contributed by atoms with Crippen LogP contribution >= 0.6 is 11.6 Å². The van der Waals surface area contributed by atoms with Crippen molar-refractivity contribution in [1.29, 1.82) is 0 Å². The zero-order valence-electron chi connectivity index (χ0n) is 17.8. The first kappa shape index (κ1) is 22.2. The molecular formula is C25H28ClF2NO2. The summed E-state index contributed by atoms with van der Waals surface area (Å²) in [4.78, 5) is 13.0. The molecule has 0 spiro atoms. The Balaban J connectivity index is 1.56. The molecule has 166 valence electrons. The average Bonchev–Trinajstić information content (AvgIpc) is 2.71. The van der Waals surface area contributed by atoms with Crippen LogP contribution in [0.4, 0.5) is 8.78 Å². The highest BCUT2D eigenvalue weighted by atomic mass is 35.5.